The third-order valence-corrected chi connectivity index (χ3v) is 5.96. The zero-order valence-corrected chi connectivity index (χ0v) is 16.6. The second-order valence-corrected chi connectivity index (χ2v) is 7.98. The number of rotatable bonds is 4. The van der Waals surface area contributed by atoms with E-state index in [1.54, 1.807) is 0 Å². The van der Waals surface area contributed by atoms with E-state index in [9.17, 15) is 4.79 Å². The van der Waals surface area contributed by atoms with Crippen molar-refractivity contribution in [3.05, 3.63) is 64.2 Å². The first-order valence-electron chi connectivity index (χ1n) is 9.68. The molecule has 2 aliphatic rings. The maximum Gasteiger partial charge on any atom is 0.241 e. The number of hydrogen-bond donors (Lipinski definition) is 0. The van der Waals surface area contributed by atoms with Crippen LogP contribution in [-0.4, -0.2) is 55.0 Å². The molecule has 0 atom stereocenters. The van der Waals surface area contributed by atoms with Crippen molar-refractivity contribution in [2.45, 2.75) is 19.9 Å². The van der Waals surface area contributed by atoms with Crippen LogP contribution in [0.15, 0.2) is 42.5 Å². The van der Waals surface area contributed by atoms with Gasteiger partial charge in [-0.15, -0.1) is 0 Å². The molecular weight excluding hydrogens is 358 g/mol. The molecule has 0 N–H and O–H groups in total. The molecule has 27 heavy (non-hydrogen) atoms. The van der Waals surface area contributed by atoms with Gasteiger partial charge in [0.05, 0.1) is 6.54 Å². The van der Waals surface area contributed by atoms with Crippen LogP contribution in [0.25, 0.3) is 0 Å². The van der Waals surface area contributed by atoms with Crippen molar-refractivity contribution in [1.29, 1.82) is 0 Å². The monoisotopic (exact) mass is 383 g/mol. The number of piperazine rings is 1. The number of hydrogen-bond acceptors (Lipinski definition) is 3. The molecule has 4 rings (SSSR count). The van der Waals surface area contributed by atoms with Crippen molar-refractivity contribution in [2.75, 3.05) is 44.2 Å². The smallest absolute Gasteiger partial charge is 0.241 e. The Bertz CT molecular complexity index is 813. The van der Waals surface area contributed by atoms with Gasteiger partial charge in [0.15, 0.2) is 0 Å². The van der Waals surface area contributed by atoms with Gasteiger partial charge in [-0.05, 0) is 48.2 Å². The Morgan fingerprint density at radius 2 is 1.67 bits per heavy atom. The number of nitrogens with zero attached hydrogens (tertiary/aromatic N) is 3. The van der Waals surface area contributed by atoms with Gasteiger partial charge in [-0.25, -0.2) is 0 Å². The van der Waals surface area contributed by atoms with Crippen LogP contribution >= 0.6 is 11.6 Å². The fourth-order valence-electron chi connectivity index (χ4n) is 4.10. The Kier molecular flexibility index (Phi) is 5.48. The summed E-state index contributed by atoms with van der Waals surface area (Å²) >= 11 is 5.96. The lowest BCUT2D eigenvalue weighted by atomic mass is 10.1. The van der Waals surface area contributed by atoms with E-state index in [0.29, 0.717) is 6.54 Å². The van der Waals surface area contributed by atoms with Gasteiger partial charge in [0.2, 0.25) is 5.91 Å². The number of benzene rings is 2. The molecule has 142 valence electrons. The number of halogens is 1. The zero-order chi connectivity index (χ0) is 18.8. The molecule has 0 aromatic heterocycles. The van der Waals surface area contributed by atoms with Crippen LogP contribution < -0.4 is 4.90 Å². The van der Waals surface area contributed by atoms with Crippen molar-refractivity contribution in [2.24, 2.45) is 0 Å². The number of aryl methyl sites for hydroxylation is 1. The lowest BCUT2D eigenvalue weighted by Crippen LogP contribution is -2.49. The summed E-state index contributed by atoms with van der Waals surface area (Å²) < 4.78 is 0. The molecule has 0 bridgehead atoms. The summed E-state index contributed by atoms with van der Waals surface area (Å²) in [6.07, 6.45) is 0.975. The van der Waals surface area contributed by atoms with Crippen LogP contribution in [0.1, 0.15) is 16.7 Å². The van der Waals surface area contributed by atoms with E-state index < -0.39 is 0 Å². The Balaban J connectivity index is 1.29. The first-order chi connectivity index (χ1) is 13.1. The topological polar surface area (TPSA) is 26.8 Å². The van der Waals surface area contributed by atoms with Crippen LogP contribution in [-0.2, 0) is 17.8 Å². The van der Waals surface area contributed by atoms with E-state index in [4.69, 9.17) is 11.6 Å². The fraction of sp³-hybridized carbons (Fsp3) is 0.409. The van der Waals surface area contributed by atoms with Crippen molar-refractivity contribution >= 4 is 23.2 Å². The average molecular weight is 384 g/mol. The highest BCUT2D eigenvalue weighted by molar-refractivity contribution is 6.30. The fourth-order valence-corrected chi connectivity index (χ4v) is 4.22. The Hall–Kier alpha value is -1.88. The quantitative estimate of drug-likeness (QED) is 0.810. The molecule has 0 unspecified atom stereocenters. The van der Waals surface area contributed by atoms with Gasteiger partial charge in [0.1, 0.15) is 0 Å². The minimum absolute atomic E-state index is 0.227. The summed E-state index contributed by atoms with van der Waals surface area (Å²) in [5, 5.41) is 0.778. The van der Waals surface area contributed by atoms with Crippen LogP contribution in [0.5, 0.6) is 0 Å². The summed E-state index contributed by atoms with van der Waals surface area (Å²) in [6, 6.07) is 14.3. The second-order valence-electron chi connectivity index (χ2n) is 7.55. The van der Waals surface area contributed by atoms with E-state index in [-0.39, 0.29) is 5.91 Å². The van der Waals surface area contributed by atoms with Gasteiger partial charge in [-0.1, -0.05) is 35.9 Å². The van der Waals surface area contributed by atoms with E-state index in [1.165, 1.54) is 16.7 Å². The van der Waals surface area contributed by atoms with E-state index in [2.05, 4.69) is 47.1 Å². The highest BCUT2D eigenvalue weighted by Crippen LogP contribution is 2.30. The van der Waals surface area contributed by atoms with Crippen LogP contribution in [0, 0.1) is 6.92 Å². The lowest BCUT2D eigenvalue weighted by molar-refractivity contribution is -0.120. The molecule has 2 aromatic carbocycles. The number of fused-ring (bicyclic) bond motifs is 1. The first kappa shape index (κ1) is 18.5. The van der Waals surface area contributed by atoms with Crippen LogP contribution in [0.2, 0.25) is 5.02 Å². The van der Waals surface area contributed by atoms with Gasteiger partial charge in [0, 0.05) is 50.0 Å². The van der Waals surface area contributed by atoms with Gasteiger partial charge < -0.3 is 4.90 Å². The minimum Gasteiger partial charge on any atom is -0.311 e. The normalized spacial score (nSPS) is 17.9. The van der Waals surface area contributed by atoms with Crippen molar-refractivity contribution < 1.29 is 4.79 Å². The molecule has 5 heteroatoms. The Morgan fingerprint density at radius 3 is 2.41 bits per heavy atom. The van der Waals surface area contributed by atoms with Gasteiger partial charge in [0.25, 0.3) is 0 Å². The largest absolute Gasteiger partial charge is 0.311 e. The van der Waals surface area contributed by atoms with Crippen molar-refractivity contribution in [3.63, 3.8) is 0 Å². The number of anilines is 1. The molecule has 2 heterocycles. The second kappa shape index (κ2) is 8.01. The van der Waals surface area contributed by atoms with Gasteiger partial charge >= 0.3 is 0 Å². The summed E-state index contributed by atoms with van der Waals surface area (Å²) in [5.74, 6) is 0.227. The van der Waals surface area contributed by atoms with Crippen LogP contribution in [0.4, 0.5) is 5.69 Å². The summed E-state index contributed by atoms with van der Waals surface area (Å²) in [6.45, 7) is 8.26. The summed E-state index contributed by atoms with van der Waals surface area (Å²) in [5.41, 5.74) is 5.02. The van der Waals surface area contributed by atoms with E-state index in [1.807, 2.05) is 17.0 Å². The Morgan fingerprint density at radius 1 is 0.963 bits per heavy atom. The Labute approximate surface area is 166 Å². The number of amides is 1. The molecule has 0 saturated carbocycles. The molecular formula is C22H26ClN3O. The highest BCUT2D eigenvalue weighted by atomic mass is 35.5. The highest BCUT2D eigenvalue weighted by Gasteiger charge is 2.27. The van der Waals surface area contributed by atoms with Gasteiger partial charge in [-0.3, -0.25) is 14.6 Å². The summed E-state index contributed by atoms with van der Waals surface area (Å²) in [4.78, 5) is 19.6. The third kappa shape index (κ3) is 4.18. The zero-order valence-electron chi connectivity index (χ0n) is 15.8. The standard InChI is InChI=1S/C22H26ClN3O/c1-17-3-2-4-21-20(17)9-10-26(21)22(27)16-25-13-11-24(12-14-25)15-18-5-7-19(23)8-6-18/h2-8H,9-16H2,1H3. The van der Waals surface area contributed by atoms with Crippen LogP contribution in [0.3, 0.4) is 0 Å². The molecule has 0 radical (unpaired) electrons. The molecule has 0 spiro atoms. The van der Waals surface area contributed by atoms with E-state index >= 15 is 0 Å². The number of carbonyl (C=O) groups is 1. The number of carbonyl (C=O) groups excluding carboxylic acids is 1. The molecule has 4 nitrogen and oxygen atoms in total. The maximum absolute atomic E-state index is 12.9. The predicted octanol–water partition coefficient (Wildman–Crippen LogP) is 3.36. The SMILES string of the molecule is Cc1cccc2c1CCN2C(=O)CN1CCN(Cc2ccc(Cl)cc2)CC1. The molecule has 1 saturated heterocycles. The predicted molar refractivity (Wildman–Crippen MR) is 110 cm³/mol. The van der Waals surface area contributed by atoms with Gasteiger partial charge in [-0.2, -0.15) is 0 Å². The minimum atomic E-state index is 0.227. The first-order valence-corrected chi connectivity index (χ1v) is 10.1. The van der Waals surface area contributed by atoms with Crippen molar-refractivity contribution in [1.82, 2.24) is 9.80 Å². The van der Waals surface area contributed by atoms with Crippen molar-refractivity contribution in [3.8, 4) is 0 Å². The average Bonchev–Trinajstić information content (AvgIpc) is 3.11. The lowest BCUT2D eigenvalue weighted by Gasteiger charge is -2.35. The molecule has 0 aliphatic carbocycles. The molecule has 2 aromatic rings. The van der Waals surface area contributed by atoms with E-state index in [0.717, 1.165) is 56.4 Å². The summed E-state index contributed by atoms with van der Waals surface area (Å²) in [7, 11) is 0. The maximum atomic E-state index is 12.9. The molecule has 1 fully saturated rings. The molecule has 2 aliphatic heterocycles. The third-order valence-electron chi connectivity index (χ3n) is 5.71. The molecule has 1 amide bonds.